The molecule has 1 aliphatic rings. The number of aromatic nitrogens is 3. The molecule has 1 aliphatic heterocycles. The van der Waals surface area contributed by atoms with E-state index in [-0.39, 0.29) is 11.9 Å². The highest BCUT2D eigenvalue weighted by molar-refractivity contribution is 5.93. The molecule has 1 atom stereocenters. The number of fused-ring (bicyclic) bond motifs is 2. The standard InChI is InChI=1S/C21H22N6O2/c1-25(2)15-7-8-26(12-15)20(28)17-10-23-19-6-4-14(11-27(17)19)13-3-5-18-16(9-13)24-21(22)29-18/h3-6,9-11,15H,7-8,12H2,1-2H3,(H2,22,24). The fraction of sp³-hybridized carbons (Fsp3) is 0.286. The third-order valence-corrected chi connectivity index (χ3v) is 5.64. The summed E-state index contributed by atoms with van der Waals surface area (Å²) in [5.74, 6) is 0.0127. The van der Waals surface area contributed by atoms with E-state index in [1.165, 1.54) is 0 Å². The second kappa shape index (κ2) is 6.59. The van der Waals surface area contributed by atoms with Gasteiger partial charge in [-0.1, -0.05) is 6.07 Å². The van der Waals surface area contributed by atoms with Crippen LogP contribution in [0.4, 0.5) is 6.01 Å². The molecule has 1 aromatic carbocycles. The van der Waals surface area contributed by atoms with Gasteiger partial charge in [0.2, 0.25) is 0 Å². The lowest BCUT2D eigenvalue weighted by molar-refractivity contribution is 0.0776. The van der Waals surface area contributed by atoms with Crippen molar-refractivity contribution in [3.63, 3.8) is 0 Å². The number of likely N-dealkylation sites (N-methyl/N-ethyl adjacent to an activating group) is 1. The molecule has 0 saturated carbocycles. The number of nitrogen functional groups attached to an aromatic ring is 1. The number of hydrogen-bond donors (Lipinski definition) is 1. The highest BCUT2D eigenvalue weighted by Gasteiger charge is 2.29. The fourth-order valence-electron chi connectivity index (χ4n) is 3.94. The molecular weight excluding hydrogens is 368 g/mol. The van der Waals surface area contributed by atoms with Crippen LogP contribution in [-0.4, -0.2) is 63.3 Å². The van der Waals surface area contributed by atoms with Crippen molar-refractivity contribution in [2.75, 3.05) is 32.9 Å². The minimum absolute atomic E-state index is 0.0127. The monoisotopic (exact) mass is 390 g/mol. The molecule has 1 amide bonds. The highest BCUT2D eigenvalue weighted by atomic mass is 16.4. The van der Waals surface area contributed by atoms with Crippen molar-refractivity contribution in [1.29, 1.82) is 0 Å². The minimum Gasteiger partial charge on any atom is -0.424 e. The van der Waals surface area contributed by atoms with Crippen LogP contribution in [0.3, 0.4) is 0 Å². The van der Waals surface area contributed by atoms with Gasteiger partial charge < -0.3 is 20.0 Å². The van der Waals surface area contributed by atoms with Gasteiger partial charge in [-0.05, 0) is 55.9 Å². The number of likely N-dealkylation sites (tertiary alicyclic amines) is 1. The summed E-state index contributed by atoms with van der Waals surface area (Å²) in [6.07, 6.45) is 4.59. The number of nitrogens with zero attached hydrogens (tertiary/aromatic N) is 5. The molecule has 148 valence electrons. The van der Waals surface area contributed by atoms with Gasteiger partial charge in [0.1, 0.15) is 16.9 Å². The van der Waals surface area contributed by atoms with Gasteiger partial charge in [-0.2, -0.15) is 4.98 Å². The van der Waals surface area contributed by atoms with Crippen molar-refractivity contribution in [2.45, 2.75) is 12.5 Å². The van der Waals surface area contributed by atoms with Crippen LogP contribution in [0.25, 0.3) is 27.9 Å². The number of pyridine rings is 1. The van der Waals surface area contributed by atoms with E-state index in [4.69, 9.17) is 10.2 Å². The van der Waals surface area contributed by atoms with Gasteiger partial charge in [0.05, 0.1) is 6.20 Å². The van der Waals surface area contributed by atoms with Gasteiger partial charge in [0.25, 0.3) is 11.9 Å². The Labute approximate surface area is 167 Å². The smallest absolute Gasteiger partial charge is 0.292 e. The van der Waals surface area contributed by atoms with Crippen molar-refractivity contribution in [2.24, 2.45) is 0 Å². The van der Waals surface area contributed by atoms with Gasteiger partial charge in [0, 0.05) is 25.3 Å². The number of carbonyl (C=O) groups excluding carboxylic acids is 1. The summed E-state index contributed by atoms with van der Waals surface area (Å²) in [7, 11) is 4.11. The van der Waals surface area contributed by atoms with E-state index in [9.17, 15) is 4.79 Å². The first-order valence-corrected chi connectivity index (χ1v) is 9.59. The molecule has 4 heterocycles. The van der Waals surface area contributed by atoms with Crippen molar-refractivity contribution in [3.05, 3.63) is 48.4 Å². The second-order valence-electron chi connectivity index (χ2n) is 7.68. The number of oxazole rings is 1. The molecule has 8 nitrogen and oxygen atoms in total. The number of hydrogen-bond acceptors (Lipinski definition) is 6. The first-order chi connectivity index (χ1) is 14.0. The Kier molecular flexibility index (Phi) is 4.02. The Morgan fingerprint density at radius 2 is 2.07 bits per heavy atom. The Morgan fingerprint density at radius 3 is 2.86 bits per heavy atom. The predicted molar refractivity (Wildman–Crippen MR) is 111 cm³/mol. The molecule has 1 saturated heterocycles. The van der Waals surface area contributed by atoms with Crippen LogP contribution in [0, 0.1) is 0 Å². The molecule has 8 heteroatoms. The summed E-state index contributed by atoms with van der Waals surface area (Å²) in [6.45, 7) is 1.50. The van der Waals surface area contributed by atoms with E-state index in [1.807, 2.05) is 45.8 Å². The van der Waals surface area contributed by atoms with E-state index in [2.05, 4.69) is 29.0 Å². The zero-order chi connectivity index (χ0) is 20.1. The molecule has 0 bridgehead atoms. The summed E-state index contributed by atoms with van der Waals surface area (Å²) < 4.78 is 7.21. The zero-order valence-corrected chi connectivity index (χ0v) is 16.4. The van der Waals surface area contributed by atoms with E-state index in [0.29, 0.717) is 22.8 Å². The van der Waals surface area contributed by atoms with E-state index in [0.717, 1.165) is 36.3 Å². The lowest BCUT2D eigenvalue weighted by atomic mass is 10.1. The first-order valence-electron chi connectivity index (χ1n) is 9.59. The third-order valence-electron chi connectivity index (χ3n) is 5.64. The lowest BCUT2D eigenvalue weighted by Crippen LogP contribution is -2.34. The number of nitrogens with two attached hydrogens (primary N) is 1. The van der Waals surface area contributed by atoms with Crippen LogP contribution in [0.2, 0.25) is 0 Å². The molecule has 29 heavy (non-hydrogen) atoms. The SMILES string of the molecule is CN(C)C1CCN(C(=O)c2cnc3ccc(-c4ccc5oc(N)nc5c4)cn23)C1. The van der Waals surface area contributed by atoms with Crippen LogP contribution in [-0.2, 0) is 0 Å². The summed E-state index contributed by atoms with van der Waals surface area (Å²) in [5.41, 5.74) is 10.2. The average molecular weight is 390 g/mol. The fourth-order valence-corrected chi connectivity index (χ4v) is 3.94. The highest BCUT2D eigenvalue weighted by Crippen LogP contribution is 2.26. The molecule has 1 unspecified atom stereocenters. The van der Waals surface area contributed by atoms with Gasteiger partial charge in [-0.15, -0.1) is 0 Å². The molecule has 0 spiro atoms. The molecule has 5 rings (SSSR count). The number of carbonyl (C=O) groups is 1. The number of anilines is 1. The third kappa shape index (κ3) is 3.01. The largest absolute Gasteiger partial charge is 0.424 e. The van der Waals surface area contributed by atoms with E-state index >= 15 is 0 Å². The van der Waals surface area contributed by atoms with Crippen molar-refractivity contribution < 1.29 is 9.21 Å². The van der Waals surface area contributed by atoms with Gasteiger partial charge in [0.15, 0.2) is 5.58 Å². The molecule has 2 N–H and O–H groups in total. The maximum absolute atomic E-state index is 13.1. The first kappa shape index (κ1) is 17.7. The number of amides is 1. The molecule has 1 fully saturated rings. The maximum Gasteiger partial charge on any atom is 0.292 e. The summed E-state index contributed by atoms with van der Waals surface area (Å²) in [5, 5.41) is 0. The van der Waals surface area contributed by atoms with E-state index in [1.54, 1.807) is 6.20 Å². The maximum atomic E-state index is 13.1. The van der Waals surface area contributed by atoms with Gasteiger partial charge in [-0.25, -0.2) is 4.98 Å². The predicted octanol–water partition coefficient (Wildman–Crippen LogP) is 2.50. The van der Waals surface area contributed by atoms with Crippen molar-refractivity contribution in [1.82, 2.24) is 24.2 Å². The van der Waals surface area contributed by atoms with Crippen LogP contribution in [0.5, 0.6) is 0 Å². The topological polar surface area (TPSA) is 92.9 Å². The van der Waals surface area contributed by atoms with Crippen LogP contribution in [0.1, 0.15) is 16.9 Å². The Hall–Kier alpha value is -3.39. The Balaban J connectivity index is 1.50. The average Bonchev–Trinajstić information content (AvgIpc) is 3.43. The molecule has 0 radical (unpaired) electrons. The van der Waals surface area contributed by atoms with Crippen molar-refractivity contribution in [3.8, 4) is 11.1 Å². The zero-order valence-electron chi connectivity index (χ0n) is 16.4. The summed E-state index contributed by atoms with van der Waals surface area (Å²) in [6, 6.07) is 10.2. The lowest BCUT2D eigenvalue weighted by Gasteiger charge is -2.20. The number of imidazole rings is 1. The quantitative estimate of drug-likeness (QED) is 0.578. The summed E-state index contributed by atoms with van der Waals surface area (Å²) >= 11 is 0. The minimum atomic E-state index is 0.0127. The second-order valence-corrected chi connectivity index (χ2v) is 7.68. The van der Waals surface area contributed by atoms with Gasteiger partial charge in [-0.3, -0.25) is 9.20 Å². The molecule has 4 aromatic rings. The van der Waals surface area contributed by atoms with Crippen LogP contribution >= 0.6 is 0 Å². The molecule has 3 aromatic heterocycles. The molecular formula is C21H22N6O2. The van der Waals surface area contributed by atoms with Crippen LogP contribution < -0.4 is 5.73 Å². The number of benzene rings is 1. The Bertz CT molecular complexity index is 1220. The molecule has 0 aliphatic carbocycles. The number of rotatable bonds is 3. The Morgan fingerprint density at radius 1 is 1.24 bits per heavy atom. The van der Waals surface area contributed by atoms with Crippen LogP contribution in [0.15, 0.2) is 47.1 Å². The normalized spacial score (nSPS) is 17.1. The summed E-state index contributed by atoms with van der Waals surface area (Å²) in [4.78, 5) is 25.8. The van der Waals surface area contributed by atoms with Gasteiger partial charge >= 0.3 is 0 Å². The van der Waals surface area contributed by atoms with Crippen molar-refractivity contribution >= 4 is 28.7 Å². The van der Waals surface area contributed by atoms with E-state index < -0.39 is 0 Å².